The Kier molecular flexibility index (Phi) is 4.64. The van der Waals surface area contributed by atoms with Gasteiger partial charge >= 0.3 is 11.8 Å². The number of benzene rings is 1. The van der Waals surface area contributed by atoms with Gasteiger partial charge in [0, 0.05) is 42.2 Å². The van der Waals surface area contributed by atoms with Gasteiger partial charge in [-0.2, -0.15) is 9.78 Å². The zero-order chi connectivity index (χ0) is 22.9. The van der Waals surface area contributed by atoms with E-state index in [1.807, 2.05) is 0 Å². The van der Waals surface area contributed by atoms with E-state index in [0.717, 1.165) is 55.7 Å². The molecular weight excluding hydrogens is 440 g/mol. The Morgan fingerprint density at radius 1 is 0.971 bits per heavy atom. The first-order valence-corrected chi connectivity index (χ1v) is 12.5. The van der Waals surface area contributed by atoms with E-state index in [-0.39, 0.29) is 5.75 Å². The summed E-state index contributed by atoms with van der Waals surface area (Å²) in [6.45, 7) is 0. The van der Waals surface area contributed by atoms with Crippen LogP contribution in [0.3, 0.4) is 0 Å². The van der Waals surface area contributed by atoms with Gasteiger partial charge in [0.15, 0.2) is 0 Å². The number of rotatable bonds is 2. The third kappa shape index (κ3) is 3.38. The van der Waals surface area contributed by atoms with Crippen LogP contribution in [0.25, 0.3) is 11.0 Å². The van der Waals surface area contributed by atoms with Crippen molar-refractivity contribution in [2.75, 3.05) is 0 Å². The average molecular weight is 469 g/mol. The molecule has 0 amide bonds. The second-order valence-corrected chi connectivity index (χ2v) is 10.8. The van der Waals surface area contributed by atoms with Crippen molar-refractivity contribution in [2.45, 2.75) is 75.5 Å². The van der Waals surface area contributed by atoms with Crippen molar-refractivity contribution in [1.82, 2.24) is 0 Å². The number of carbonyl (C=O) groups is 1. The van der Waals surface area contributed by atoms with Gasteiger partial charge in [0.05, 0.1) is 0 Å². The summed E-state index contributed by atoms with van der Waals surface area (Å²) in [5.41, 5.74) is -0.115. The van der Waals surface area contributed by atoms with Crippen molar-refractivity contribution in [3.63, 3.8) is 0 Å². The van der Waals surface area contributed by atoms with Crippen LogP contribution in [0.5, 0.6) is 5.75 Å². The fourth-order valence-corrected chi connectivity index (χ4v) is 7.39. The van der Waals surface area contributed by atoms with Crippen molar-refractivity contribution in [1.29, 1.82) is 0 Å². The Bertz CT molecular complexity index is 1160. The van der Waals surface area contributed by atoms with E-state index in [4.69, 9.17) is 28.4 Å². The van der Waals surface area contributed by atoms with Gasteiger partial charge in [-0.1, -0.05) is 0 Å². The van der Waals surface area contributed by atoms with E-state index < -0.39 is 29.5 Å². The molecule has 5 aliphatic carbocycles. The summed E-state index contributed by atoms with van der Waals surface area (Å²) >= 11 is 0. The smallest absolute Gasteiger partial charge is 0.430 e. The number of hydrogen-bond acceptors (Lipinski definition) is 8. The number of ether oxygens (including phenoxy) is 3. The van der Waals surface area contributed by atoms with Gasteiger partial charge in [0.2, 0.25) is 11.6 Å². The maximum absolute atomic E-state index is 12.5. The molecule has 8 nitrogen and oxygen atoms in total. The molecule has 2 atom stereocenters. The van der Waals surface area contributed by atoms with E-state index in [1.165, 1.54) is 18.6 Å². The largest absolute Gasteiger partial charge is 0.514 e. The first-order chi connectivity index (χ1) is 16.5. The molecule has 180 valence electrons. The molecule has 1 aromatic carbocycles. The molecule has 1 aromatic heterocycles. The van der Waals surface area contributed by atoms with E-state index >= 15 is 0 Å². The van der Waals surface area contributed by atoms with Crippen LogP contribution in [0, 0.1) is 23.7 Å². The minimum atomic E-state index is -0.870. The highest BCUT2D eigenvalue weighted by molar-refractivity contribution is 5.78. The Hall–Kier alpha value is -2.42. The SMILES string of the molecule is O=C(Oc1ccc2ccc(=O)oc2c1)OC1CCCC2(C1)OOC1(O2)C2CC3CC(C2)CC1C3. The highest BCUT2D eigenvalue weighted by Gasteiger charge is 2.67. The van der Waals surface area contributed by atoms with Crippen LogP contribution in [0.4, 0.5) is 4.79 Å². The molecule has 2 unspecified atom stereocenters. The third-order valence-corrected chi connectivity index (χ3v) is 8.63. The van der Waals surface area contributed by atoms with Crippen LogP contribution in [0.2, 0.25) is 0 Å². The van der Waals surface area contributed by atoms with Crippen molar-refractivity contribution < 1.29 is 33.2 Å². The summed E-state index contributed by atoms with van der Waals surface area (Å²) in [6.07, 6.45) is 7.45. The number of fused-ring (bicyclic) bond motifs is 1. The Morgan fingerprint density at radius 2 is 1.74 bits per heavy atom. The molecule has 2 heterocycles. The van der Waals surface area contributed by atoms with Gasteiger partial charge in [-0.15, -0.1) is 0 Å². The van der Waals surface area contributed by atoms with Crippen LogP contribution in [0.15, 0.2) is 39.5 Å². The van der Waals surface area contributed by atoms with Crippen LogP contribution in [0.1, 0.15) is 57.8 Å². The van der Waals surface area contributed by atoms with Gasteiger partial charge in [-0.3, -0.25) is 0 Å². The zero-order valence-electron chi connectivity index (χ0n) is 18.9. The predicted molar refractivity (Wildman–Crippen MR) is 118 cm³/mol. The highest BCUT2D eigenvalue weighted by Crippen LogP contribution is 2.63. The normalized spacial score (nSPS) is 40.3. The van der Waals surface area contributed by atoms with Crippen molar-refractivity contribution in [3.8, 4) is 5.75 Å². The first kappa shape index (κ1) is 20.9. The minimum Gasteiger partial charge on any atom is -0.430 e. The van der Waals surface area contributed by atoms with E-state index in [0.29, 0.717) is 30.3 Å². The Labute approximate surface area is 196 Å². The number of hydrogen-bond donors (Lipinski definition) is 0. The Balaban J connectivity index is 1.02. The summed E-state index contributed by atoms with van der Waals surface area (Å²) < 4.78 is 22.9. The lowest BCUT2D eigenvalue weighted by Gasteiger charge is -2.57. The van der Waals surface area contributed by atoms with Gasteiger partial charge in [0.1, 0.15) is 17.4 Å². The molecular formula is C26H28O8. The standard InChI is InChI=1S/C26H28O8/c27-23-6-4-17-3-5-20(13-22(17)31-23)29-24(28)30-21-2-1-7-25(14-21)32-26(34-33-25)18-9-15-8-16(11-18)12-19(26)10-15/h3-6,13,15-16,18-19,21H,1-2,7-12,14H2. The second kappa shape index (κ2) is 7.54. The third-order valence-electron chi connectivity index (χ3n) is 8.63. The second-order valence-electron chi connectivity index (χ2n) is 10.8. The summed E-state index contributed by atoms with van der Waals surface area (Å²) in [5, 5.41) is 0.740. The van der Waals surface area contributed by atoms with E-state index in [2.05, 4.69) is 0 Å². The van der Waals surface area contributed by atoms with Crippen LogP contribution >= 0.6 is 0 Å². The summed E-state index contributed by atoms with van der Waals surface area (Å²) in [5.74, 6) is 1.14. The quantitative estimate of drug-likeness (QED) is 0.261. The Morgan fingerprint density at radius 3 is 2.53 bits per heavy atom. The molecule has 0 radical (unpaired) electrons. The first-order valence-electron chi connectivity index (χ1n) is 12.5. The summed E-state index contributed by atoms with van der Waals surface area (Å²) in [4.78, 5) is 36.0. The maximum atomic E-state index is 12.5. The van der Waals surface area contributed by atoms with Crippen molar-refractivity contribution in [3.05, 3.63) is 40.8 Å². The zero-order valence-corrected chi connectivity index (χ0v) is 18.9. The van der Waals surface area contributed by atoms with Crippen molar-refractivity contribution >= 4 is 17.1 Å². The molecule has 34 heavy (non-hydrogen) atoms. The van der Waals surface area contributed by atoms with Crippen molar-refractivity contribution in [2.24, 2.45) is 23.7 Å². The topological polar surface area (TPSA) is 93.4 Å². The van der Waals surface area contributed by atoms with E-state index in [1.54, 1.807) is 18.2 Å². The lowest BCUT2D eigenvalue weighted by Crippen LogP contribution is -2.59. The van der Waals surface area contributed by atoms with Gasteiger partial charge in [-0.05, 0) is 75.0 Å². The fourth-order valence-electron chi connectivity index (χ4n) is 7.39. The molecule has 1 saturated heterocycles. The lowest BCUT2D eigenvalue weighted by atomic mass is 9.53. The molecule has 2 aromatic rings. The fraction of sp³-hybridized carbons (Fsp3) is 0.615. The average Bonchev–Trinajstić information content (AvgIpc) is 3.16. The molecule has 0 N–H and O–H groups in total. The highest BCUT2D eigenvalue weighted by atomic mass is 17.3. The van der Waals surface area contributed by atoms with Gasteiger partial charge in [0.25, 0.3) is 0 Å². The summed E-state index contributed by atoms with van der Waals surface area (Å²) in [7, 11) is 0. The predicted octanol–water partition coefficient (Wildman–Crippen LogP) is 5.08. The molecule has 8 rings (SSSR count). The molecule has 4 bridgehead atoms. The van der Waals surface area contributed by atoms with Gasteiger partial charge in [-0.25, -0.2) is 9.59 Å². The number of carbonyl (C=O) groups excluding carboxylic acids is 1. The lowest BCUT2D eigenvalue weighted by molar-refractivity contribution is -0.390. The molecule has 5 saturated carbocycles. The maximum Gasteiger partial charge on any atom is 0.514 e. The molecule has 2 spiro atoms. The molecule has 8 heteroatoms. The van der Waals surface area contributed by atoms with E-state index in [9.17, 15) is 9.59 Å². The van der Waals surface area contributed by atoms with Crippen LogP contribution in [-0.4, -0.2) is 23.8 Å². The minimum absolute atomic E-state index is 0.252. The molecule has 6 fully saturated rings. The monoisotopic (exact) mass is 468 g/mol. The molecule has 1 aliphatic heterocycles. The van der Waals surface area contributed by atoms with Crippen LogP contribution < -0.4 is 10.4 Å². The van der Waals surface area contributed by atoms with Gasteiger partial charge < -0.3 is 18.6 Å². The summed E-state index contributed by atoms with van der Waals surface area (Å²) in [6, 6.07) is 7.87. The van der Waals surface area contributed by atoms with Crippen LogP contribution in [-0.2, 0) is 19.2 Å². The molecule has 6 aliphatic rings.